The summed E-state index contributed by atoms with van der Waals surface area (Å²) in [6.07, 6.45) is 4.82. The van der Waals surface area contributed by atoms with Crippen molar-refractivity contribution in [3.63, 3.8) is 0 Å². The SMILES string of the molecule is CN(Cc1cccnc1)c1ccc(N=Cc2c(O)[nH]c3ccc(F)cc23)cc1F. The van der Waals surface area contributed by atoms with Crippen LogP contribution in [0.3, 0.4) is 0 Å². The second kappa shape index (κ2) is 7.71. The minimum Gasteiger partial charge on any atom is -0.494 e. The first kappa shape index (κ1) is 18.6. The van der Waals surface area contributed by atoms with Crippen LogP contribution in [0.4, 0.5) is 20.2 Å². The smallest absolute Gasteiger partial charge is 0.198 e. The molecule has 0 radical (unpaired) electrons. The van der Waals surface area contributed by atoms with Gasteiger partial charge in [0, 0.05) is 49.2 Å². The first-order valence-electron chi connectivity index (χ1n) is 8.95. The molecule has 0 unspecified atom stereocenters. The van der Waals surface area contributed by atoms with Gasteiger partial charge in [-0.15, -0.1) is 0 Å². The van der Waals surface area contributed by atoms with Crippen LogP contribution in [0.5, 0.6) is 5.88 Å². The first-order chi connectivity index (χ1) is 14.0. The van der Waals surface area contributed by atoms with Crippen molar-refractivity contribution in [1.82, 2.24) is 9.97 Å². The number of aromatic hydroxyl groups is 1. The van der Waals surface area contributed by atoms with E-state index in [0.29, 0.717) is 34.4 Å². The van der Waals surface area contributed by atoms with Gasteiger partial charge in [0.15, 0.2) is 5.88 Å². The van der Waals surface area contributed by atoms with Crippen molar-refractivity contribution in [1.29, 1.82) is 0 Å². The van der Waals surface area contributed by atoms with E-state index in [1.165, 1.54) is 30.5 Å². The molecule has 5 nitrogen and oxygen atoms in total. The molecule has 146 valence electrons. The van der Waals surface area contributed by atoms with Gasteiger partial charge >= 0.3 is 0 Å². The molecule has 2 aromatic heterocycles. The summed E-state index contributed by atoms with van der Waals surface area (Å²) in [5.74, 6) is -0.957. The predicted octanol–water partition coefficient (Wildman–Crippen LogP) is 4.93. The van der Waals surface area contributed by atoms with Crippen molar-refractivity contribution >= 4 is 28.5 Å². The predicted molar refractivity (Wildman–Crippen MR) is 110 cm³/mol. The van der Waals surface area contributed by atoms with Gasteiger partial charge in [-0.25, -0.2) is 8.78 Å². The van der Waals surface area contributed by atoms with Crippen LogP contribution in [-0.4, -0.2) is 28.3 Å². The Hall–Kier alpha value is -3.74. The van der Waals surface area contributed by atoms with Gasteiger partial charge in [0.05, 0.1) is 16.9 Å². The monoisotopic (exact) mass is 392 g/mol. The van der Waals surface area contributed by atoms with E-state index in [1.807, 2.05) is 12.1 Å². The van der Waals surface area contributed by atoms with Crippen LogP contribution in [0.25, 0.3) is 10.9 Å². The van der Waals surface area contributed by atoms with Gasteiger partial charge in [-0.2, -0.15) is 0 Å². The second-order valence-corrected chi connectivity index (χ2v) is 6.69. The summed E-state index contributed by atoms with van der Waals surface area (Å²) in [5.41, 5.74) is 2.72. The Morgan fingerprint density at radius 2 is 2.03 bits per heavy atom. The number of H-pyrrole nitrogens is 1. The number of anilines is 1. The molecule has 4 aromatic rings. The number of hydrogen-bond donors (Lipinski definition) is 2. The Morgan fingerprint density at radius 1 is 1.17 bits per heavy atom. The van der Waals surface area contributed by atoms with E-state index in [9.17, 15) is 13.9 Å². The van der Waals surface area contributed by atoms with Crippen molar-refractivity contribution in [3.05, 3.63) is 83.7 Å². The van der Waals surface area contributed by atoms with Gasteiger partial charge in [-0.3, -0.25) is 9.98 Å². The van der Waals surface area contributed by atoms with Crippen LogP contribution in [0, 0.1) is 11.6 Å². The van der Waals surface area contributed by atoms with E-state index in [1.54, 1.807) is 36.5 Å². The van der Waals surface area contributed by atoms with Crippen molar-refractivity contribution in [2.75, 3.05) is 11.9 Å². The number of nitrogens with one attached hydrogen (secondary N) is 1. The summed E-state index contributed by atoms with van der Waals surface area (Å²) in [7, 11) is 1.80. The molecule has 2 aromatic carbocycles. The molecular formula is C22H18F2N4O. The van der Waals surface area contributed by atoms with E-state index in [2.05, 4.69) is 15.0 Å². The number of fused-ring (bicyclic) bond motifs is 1. The van der Waals surface area contributed by atoms with Crippen LogP contribution in [0.15, 0.2) is 65.9 Å². The van der Waals surface area contributed by atoms with Crippen LogP contribution in [-0.2, 0) is 6.54 Å². The van der Waals surface area contributed by atoms with Gasteiger partial charge in [-0.05, 0) is 42.0 Å². The average molecular weight is 392 g/mol. The summed E-state index contributed by atoms with van der Waals surface area (Å²) in [6, 6.07) is 12.6. The summed E-state index contributed by atoms with van der Waals surface area (Å²) in [4.78, 5) is 12.9. The van der Waals surface area contributed by atoms with Gasteiger partial charge < -0.3 is 15.0 Å². The fourth-order valence-electron chi connectivity index (χ4n) is 3.18. The molecule has 0 saturated carbocycles. The zero-order valence-electron chi connectivity index (χ0n) is 15.6. The lowest BCUT2D eigenvalue weighted by atomic mass is 10.2. The maximum atomic E-state index is 14.6. The molecule has 0 amide bonds. The second-order valence-electron chi connectivity index (χ2n) is 6.69. The molecule has 29 heavy (non-hydrogen) atoms. The first-order valence-corrected chi connectivity index (χ1v) is 8.95. The molecule has 0 atom stereocenters. The topological polar surface area (TPSA) is 64.5 Å². The van der Waals surface area contributed by atoms with Gasteiger partial charge in [0.2, 0.25) is 0 Å². The number of hydrogen-bond acceptors (Lipinski definition) is 4. The molecule has 7 heteroatoms. The fraction of sp³-hybridized carbons (Fsp3) is 0.0909. The number of aliphatic imine (C=N–C) groups is 1. The number of pyridine rings is 1. The number of aromatic nitrogens is 2. The number of aromatic amines is 1. The van der Waals surface area contributed by atoms with Crippen molar-refractivity contribution in [2.45, 2.75) is 6.54 Å². The molecule has 0 spiro atoms. The zero-order valence-corrected chi connectivity index (χ0v) is 15.6. The molecule has 2 N–H and O–H groups in total. The van der Waals surface area contributed by atoms with Crippen molar-refractivity contribution in [3.8, 4) is 5.88 Å². The van der Waals surface area contributed by atoms with E-state index in [-0.39, 0.29) is 5.88 Å². The summed E-state index contributed by atoms with van der Waals surface area (Å²) in [5, 5.41) is 10.6. The normalized spacial score (nSPS) is 11.4. The van der Waals surface area contributed by atoms with E-state index in [4.69, 9.17) is 0 Å². The molecule has 4 rings (SSSR count). The third-order valence-corrected chi connectivity index (χ3v) is 4.61. The Kier molecular flexibility index (Phi) is 4.95. The highest BCUT2D eigenvalue weighted by atomic mass is 19.1. The van der Waals surface area contributed by atoms with Crippen molar-refractivity contribution in [2.24, 2.45) is 4.99 Å². The minimum absolute atomic E-state index is 0.123. The van der Waals surface area contributed by atoms with Gasteiger partial charge in [0.25, 0.3) is 0 Å². The van der Waals surface area contributed by atoms with Gasteiger partial charge in [0.1, 0.15) is 11.6 Å². The highest BCUT2D eigenvalue weighted by molar-refractivity contribution is 6.02. The minimum atomic E-state index is -0.418. The Bertz CT molecular complexity index is 1190. The summed E-state index contributed by atoms with van der Waals surface area (Å²) in [6.45, 7) is 0.516. The maximum absolute atomic E-state index is 14.6. The van der Waals surface area contributed by atoms with Crippen LogP contribution < -0.4 is 4.90 Å². The molecule has 0 saturated heterocycles. The van der Waals surface area contributed by atoms with E-state index < -0.39 is 11.6 Å². The Labute approximate surface area is 166 Å². The standard InChI is InChI=1S/C22H18F2N4O/c1-28(13-14-3-2-8-25-11-14)21-7-5-16(10-19(21)24)26-12-18-17-9-15(23)4-6-20(17)27-22(18)29/h2-12,27,29H,13H2,1H3. The third-order valence-electron chi connectivity index (χ3n) is 4.61. The van der Waals surface area contributed by atoms with Crippen LogP contribution in [0.2, 0.25) is 0 Å². The Morgan fingerprint density at radius 3 is 2.79 bits per heavy atom. The summed E-state index contributed by atoms with van der Waals surface area (Å²) < 4.78 is 28.1. The quantitative estimate of drug-likeness (QED) is 0.473. The molecule has 2 heterocycles. The number of nitrogens with zero attached hydrogens (tertiary/aromatic N) is 3. The molecule has 0 bridgehead atoms. The highest BCUT2D eigenvalue weighted by Crippen LogP contribution is 2.28. The maximum Gasteiger partial charge on any atom is 0.198 e. The highest BCUT2D eigenvalue weighted by Gasteiger charge is 2.11. The number of rotatable bonds is 5. The summed E-state index contributed by atoms with van der Waals surface area (Å²) >= 11 is 0. The van der Waals surface area contributed by atoms with Crippen molar-refractivity contribution < 1.29 is 13.9 Å². The van der Waals surface area contributed by atoms with Crippen LogP contribution >= 0.6 is 0 Å². The fourth-order valence-corrected chi connectivity index (χ4v) is 3.18. The average Bonchev–Trinajstić information content (AvgIpc) is 3.01. The van der Waals surface area contributed by atoms with E-state index in [0.717, 1.165) is 5.56 Å². The lowest BCUT2D eigenvalue weighted by Gasteiger charge is -2.20. The number of benzene rings is 2. The molecule has 0 aliphatic carbocycles. The third kappa shape index (κ3) is 3.94. The van der Waals surface area contributed by atoms with Gasteiger partial charge in [-0.1, -0.05) is 6.07 Å². The lowest BCUT2D eigenvalue weighted by Crippen LogP contribution is -2.17. The Balaban J connectivity index is 1.57. The number of halogens is 2. The molecule has 0 aliphatic heterocycles. The molecule has 0 aliphatic rings. The van der Waals surface area contributed by atoms with Crippen LogP contribution in [0.1, 0.15) is 11.1 Å². The largest absolute Gasteiger partial charge is 0.494 e. The van der Waals surface area contributed by atoms with E-state index >= 15 is 0 Å². The molecular weight excluding hydrogens is 374 g/mol. The zero-order chi connectivity index (χ0) is 20.4. The molecule has 0 fully saturated rings. The lowest BCUT2D eigenvalue weighted by molar-refractivity contribution is 0.457.